The normalized spacial score (nSPS) is 14.6. The Balaban J connectivity index is 1.43. The lowest BCUT2D eigenvalue weighted by Gasteiger charge is -2.36. The molecule has 0 aliphatic carbocycles. The third-order valence-electron chi connectivity index (χ3n) is 4.32. The van der Waals surface area contributed by atoms with Crippen molar-refractivity contribution in [3.63, 3.8) is 0 Å². The molecule has 0 aromatic heterocycles. The number of nitrogens with zero attached hydrogens (tertiary/aromatic N) is 2. The molecule has 0 saturated carbocycles. The molecule has 0 bridgehead atoms. The van der Waals surface area contributed by atoms with Crippen LogP contribution in [0.4, 0.5) is 10.1 Å². The number of carbonyl (C=O) groups excluding carboxylic acids is 1. The molecule has 1 N–H and O–H groups in total. The van der Waals surface area contributed by atoms with Crippen LogP contribution in [-0.4, -0.2) is 43.5 Å². The molecular formula is C19H21ClFN3O. The van der Waals surface area contributed by atoms with Crippen molar-refractivity contribution >= 4 is 23.2 Å². The fourth-order valence-electron chi connectivity index (χ4n) is 2.91. The fraction of sp³-hybridized carbons (Fsp3) is 0.316. The number of rotatable bonds is 5. The summed E-state index contributed by atoms with van der Waals surface area (Å²) in [7, 11) is 0. The maximum Gasteiger partial charge on any atom is 0.236 e. The highest BCUT2D eigenvalue weighted by atomic mass is 35.5. The van der Waals surface area contributed by atoms with Crippen LogP contribution < -0.4 is 10.2 Å². The van der Waals surface area contributed by atoms with Crippen molar-refractivity contribution in [3.8, 4) is 0 Å². The molecule has 4 nitrogen and oxygen atoms in total. The zero-order valence-electron chi connectivity index (χ0n) is 13.9. The summed E-state index contributed by atoms with van der Waals surface area (Å²) < 4.78 is 12.9. The molecule has 1 amide bonds. The van der Waals surface area contributed by atoms with Gasteiger partial charge in [-0.1, -0.05) is 29.8 Å². The fourth-order valence-corrected chi connectivity index (χ4v) is 3.10. The molecule has 0 spiro atoms. The van der Waals surface area contributed by atoms with Crippen LogP contribution in [0.25, 0.3) is 0 Å². The highest BCUT2D eigenvalue weighted by molar-refractivity contribution is 6.30. The molecule has 1 aliphatic rings. The Bertz CT molecular complexity index is 715. The van der Waals surface area contributed by atoms with Crippen LogP contribution in [0, 0.1) is 5.82 Å². The summed E-state index contributed by atoms with van der Waals surface area (Å²) >= 11 is 6.04. The van der Waals surface area contributed by atoms with Gasteiger partial charge in [-0.15, -0.1) is 0 Å². The van der Waals surface area contributed by atoms with E-state index < -0.39 is 0 Å². The number of halogens is 2. The number of nitrogens with one attached hydrogen (secondary N) is 1. The first-order valence-electron chi connectivity index (χ1n) is 8.35. The van der Waals surface area contributed by atoms with Gasteiger partial charge in [0.2, 0.25) is 5.91 Å². The molecule has 1 fully saturated rings. The Morgan fingerprint density at radius 1 is 1.08 bits per heavy atom. The molecule has 2 aromatic rings. The highest BCUT2D eigenvalue weighted by Gasteiger charge is 2.20. The maximum absolute atomic E-state index is 12.9. The Kier molecular flexibility index (Phi) is 5.89. The van der Waals surface area contributed by atoms with Gasteiger partial charge in [0.1, 0.15) is 5.82 Å². The first kappa shape index (κ1) is 17.7. The maximum atomic E-state index is 12.9. The van der Waals surface area contributed by atoms with E-state index in [2.05, 4.69) is 10.2 Å². The number of anilines is 1. The van der Waals surface area contributed by atoms with Crippen molar-refractivity contribution in [3.05, 3.63) is 64.9 Å². The average Bonchev–Trinajstić information content (AvgIpc) is 2.63. The second kappa shape index (κ2) is 8.32. The van der Waals surface area contributed by atoms with Crippen LogP contribution in [0.1, 0.15) is 5.56 Å². The zero-order valence-corrected chi connectivity index (χ0v) is 14.7. The van der Waals surface area contributed by atoms with E-state index in [0.717, 1.165) is 29.4 Å². The average molecular weight is 362 g/mol. The smallest absolute Gasteiger partial charge is 0.236 e. The van der Waals surface area contributed by atoms with Gasteiger partial charge < -0.3 is 15.1 Å². The van der Waals surface area contributed by atoms with E-state index in [4.69, 9.17) is 11.6 Å². The Hall–Kier alpha value is -2.11. The lowest BCUT2D eigenvalue weighted by molar-refractivity contribution is -0.130. The van der Waals surface area contributed by atoms with Gasteiger partial charge in [-0.3, -0.25) is 4.79 Å². The van der Waals surface area contributed by atoms with Crippen molar-refractivity contribution in [1.82, 2.24) is 10.2 Å². The van der Waals surface area contributed by atoms with Gasteiger partial charge >= 0.3 is 0 Å². The number of hydrogen-bond donors (Lipinski definition) is 1. The minimum absolute atomic E-state index is 0.0906. The van der Waals surface area contributed by atoms with E-state index in [-0.39, 0.29) is 18.3 Å². The third-order valence-corrected chi connectivity index (χ3v) is 4.56. The number of hydrogen-bond acceptors (Lipinski definition) is 3. The quantitative estimate of drug-likeness (QED) is 0.889. The molecule has 0 unspecified atom stereocenters. The molecule has 3 rings (SSSR count). The molecule has 0 atom stereocenters. The monoisotopic (exact) mass is 361 g/mol. The van der Waals surface area contributed by atoms with Gasteiger partial charge in [0, 0.05) is 43.4 Å². The molecule has 25 heavy (non-hydrogen) atoms. The Morgan fingerprint density at radius 3 is 2.48 bits per heavy atom. The molecule has 1 saturated heterocycles. The van der Waals surface area contributed by atoms with E-state index in [1.807, 2.05) is 29.2 Å². The van der Waals surface area contributed by atoms with Crippen LogP contribution in [0.3, 0.4) is 0 Å². The summed E-state index contributed by atoms with van der Waals surface area (Å²) in [4.78, 5) is 16.4. The van der Waals surface area contributed by atoms with Gasteiger partial charge in [-0.2, -0.15) is 0 Å². The van der Waals surface area contributed by atoms with E-state index in [9.17, 15) is 9.18 Å². The van der Waals surface area contributed by atoms with Gasteiger partial charge in [0.05, 0.1) is 6.54 Å². The lowest BCUT2D eigenvalue weighted by atomic mass is 10.2. The summed E-state index contributed by atoms with van der Waals surface area (Å²) in [6.45, 7) is 3.82. The SMILES string of the molecule is O=C(CNCc1ccc(F)cc1)N1CCN(c2cccc(Cl)c2)CC1. The number of piperazine rings is 1. The van der Waals surface area contributed by atoms with Crippen molar-refractivity contribution in [2.24, 2.45) is 0 Å². The summed E-state index contributed by atoms with van der Waals surface area (Å²) in [5.74, 6) is -0.162. The molecule has 6 heteroatoms. The van der Waals surface area contributed by atoms with Crippen LogP contribution in [0.15, 0.2) is 48.5 Å². The van der Waals surface area contributed by atoms with Crippen LogP contribution >= 0.6 is 11.6 Å². The highest BCUT2D eigenvalue weighted by Crippen LogP contribution is 2.20. The van der Waals surface area contributed by atoms with Crippen molar-refractivity contribution in [2.45, 2.75) is 6.54 Å². The first-order chi connectivity index (χ1) is 12.1. The summed E-state index contributed by atoms with van der Waals surface area (Å²) in [5.41, 5.74) is 2.05. The number of carbonyl (C=O) groups is 1. The molecule has 0 radical (unpaired) electrons. The molecule has 1 aliphatic heterocycles. The van der Waals surface area contributed by atoms with Crippen molar-refractivity contribution in [2.75, 3.05) is 37.6 Å². The zero-order chi connectivity index (χ0) is 17.6. The summed E-state index contributed by atoms with van der Waals surface area (Å²) in [5, 5.41) is 3.85. The molecule has 1 heterocycles. The van der Waals surface area contributed by atoms with Crippen molar-refractivity contribution in [1.29, 1.82) is 0 Å². The van der Waals surface area contributed by atoms with E-state index in [0.29, 0.717) is 19.6 Å². The minimum atomic E-state index is -0.252. The molecule has 132 valence electrons. The Morgan fingerprint density at radius 2 is 1.80 bits per heavy atom. The second-order valence-electron chi connectivity index (χ2n) is 6.08. The summed E-state index contributed by atoms with van der Waals surface area (Å²) in [6.07, 6.45) is 0. The first-order valence-corrected chi connectivity index (χ1v) is 8.73. The second-order valence-corrected chi connectivity index (χ2v) is 6.51. The lowest BCUT2D eigenvalue weighted by Crippen LogP contribution is -2.50. The number of benzene rings is 2. The standard InChI is InChI=1S/C19H21ClFN3O/c20-16-2-1-3-18(12-16)23-8-10-24(11-9-23)19(25)14-22-13-15-4-6-17(21)7-5-15/h1-7,12,22H,8-11,13-14H2. The van der Waals surface area contributed by atoms with Gasteiger partial charge in [-0.25, -0.2) is 4.39 Å². The topological polar surface area (TPSA) is 35.6 Å². The number of amides is 1. The minimum Gasteiger partial charge on any atom is -0.368 e. The van der Waals surface area contributed by atoms with Gasteiger partial charge in [-0.05, 0) is 35.9 Å². The van der Waals surface area contributed by atoms with Gasteiger partial charge in [0.15, 0.2) is 0 Å². The summed E-state index contributed by atoms with van der Waals surface area (Å²) in [6, 6.07) is 14.1. The van der Waals surface area contributed by atoms with Crippen LogP contribution in [-0.2, 0) is 11.3 Å². The van der Waals surface area contributed by atoms with Crippen molar-refractivity contribution < 1.29 is 9.18 Å². The predicted molar refractivity (Wildman–Crippen MR) is 98.4 cm³/mol. The molecular weight excluding hydrogens is 341 g/mol. The predicted octanol–water partition coefficient (Wildman–Crippen LogP) is 2.92. The van der Waals surface area contributed by atoms with Crippen LogP contribution in [0.5, 0.6) is 0 Å². The third kappa shape index (κ3) is 4.94. The van der Waals surface area contributed by atoms with E-state index >= 15 is 0 Å². The van der Waals surface area contributed by atoms with Crippen LogP contribution in [0.2, 0.25) is 5.02 Å². The Labute approximate surface area is 152 Å². The van der Waals surface area contributed by atoms with E-state index in [1.54, 1.807) is 12.1 Å². The van der Waals surface area contributed by atoms with Gasteiger partial charge in [0.25, 0.3) is 0 Å². The molecule has 2 aromatic carbocycles. The largest absolute Gasteiger partial charge is 0.368 e. The van der Waals surface area contributed by atoms with E-state index in [1.165, 1.54) is 12.1 Å².